The average molecular weight is 361 g/mol. The molecule has 0 fully saturated rings. The Balaban J connectivity index is 2.45. The molecular weight excluding hydrogens is 351 g/mol. The first-order chi connectivity index (χ1) is 9.20. The molecule has 0 aromatic heterocycles. The van der Waals surface area contributed by atoms with Crippen molar-refractivity contribution in [3.05, 3.63) is 34.1 Å². The van der Waals surface area contributed by atoms with E-state index in [1.165, 1.54) is 12.1 Å². The second-order valence-corrected chi connectivity index (χ2v) is 4.96. The quantitative estimate of drug-likeness (QED) is 0.694. The maximum Gasteiger partial charge on any atom is 0.330 e. The molecule has 0 aliphatic carbocycles. The monoisotopic (exact) mass is 360 g/mol. The van der Waals surface area contributed by atoms with Gasteiger partial charge in [0.2, 0.25) is 0 Å². The van der Waals surface area contributed by atoms with Crippen molar-refractivity contribution in [1.82, 2.24) is 0 Å². The molecule has 20 heavy (non-hydrogen) atoms. The first kappa shape index (κ1) is 17.0. The number of carbonyl (C=O) groups excluding carboxylic acids is 1. The van der Waals surface area contributed by atoms with Crippen molar-refractivity contribution in [2.45, 2.75) is 18.8 Å². The fourth-order valence-electron chi connectivity index (χ4n) is 1.36. The summed E-state index contributed by atoms with van der Waals surface area (Å²) in [6, 6.07) is 3.78. The third kappa shape index (κ3) is 5.54. The topological polar surface area (TPSA) is 26.3 Å². The molecule has 0 atom stereocenters. The molecule has 1 aromatic rings. The Bertz CT molecular complexity index is 459. The van der Waals surface area contributed by atoms with Gasteiger partial charge in [-0.3, -0.25) is 4.79 Å². The second-order valence-electron chi connectivity index (χ2n) is 4.05. The normalized spacial score (nSPS) is 11.9. The van der Waals surface area contributed by atoms with Crippen molar-refractivity contribution in [3.8, 4) is 0 Å². The third-order valence-electron chi connectivity index (χ3n) is 2.20. The maximum atomic E-state index is 13.0. The summed E-state index contributed by atoms with van der Waals surface area (Å²) >= 11 is 3.03. The molecule has 0 unspecified atom stereocenters. The smallest absolute Gasteiger partial charge is 0.330 e. The van der Waals surface area contributed by atoms with Gasteiger partial charge >= 0.3 is 12.3 Å². The lowest BCUT2D eigenvalue weighted by atomic mass is 10.1. The fraction of sp³-hybridized carbons (Fsp3) is 0.417. The zero-order valence-electron chi connectivity index (χ0n) is 10.0. The summed E-state index contributed by atoms with van der Waals surface area (Å²) in [5, 5.41) is 0. The summed E-state index contributed by atoms with van der Waals surface area (Å²) in [4.78, 5) is 11.4. The highest BCUT2D eigenvalue weighted by atomic mass is 79.9. The molecule has 0 saturated heterocycles. The van der Waals surface area contributed by atoms with E-state index in [4.69, 9.17) is 0 Å². The van der Waals surface area contributed by atoms with Crippen LogP contribution in [0.4, 0.5) is 22.0 Å². The minimum Gasteiger partial charge on any atom is -0.367 e. The summed E-state index contributed by atoms with van der Waals surface area (Å²) in [6.07, 6.45) is -4.09. The Morgan fingerprint density at radius 1 is 1.30 bits per heavy atom. The van der Waals surface area contributed by atoms with Crippen LogP contribution in [0, 0.1) is 5.82 Å². The summed E-state index contributed by atoms with van der Waals surface area (Å²) in [5.41, 5.74) is 0.325. The minimum atomic E-state index is -4.29. The van der Waals surface area contributed by atoms with Crippen LogP contribution in [-0.4, -0.2) is 31.3 Å². The van der Waals surface area contributed by atoms with Gasteiger partial charge < -0.3 is 4.74 Å². The van der Waals surface area contributed by atoms with Crippen LogP contribution in [0.2, 0.25) is 0 Å². The highest BCUT2D eigenvalue weighted by Gasteiger charge is 2.41. The molecule has 0 aliphatic rings. The third-order valence-corrected chi connectivity index (χ3v) is 2.66. The SMILES string of the molecule is O=C(COCC(F)(F)C(F)F)Cc1cc(F)cc(Br)c1. The zero-order chi connectivity index (χ0) is 15.3. The molecule has 0 saturated carbocycles. The van der Waals surface area contributed by atoms with Crippen molar-refractivity contribution in [3.63, 3.8) is 0 Å². The minimum absolute atomic E-state index is 0.239. The zero-order valence-corrected chi connectivity index (χ0v) is 11.6. The largest absolute Gasteiger partial charge is 0.367 e. The summed E-state index contributed by atoms with van der Waals surface area (Å²) < 4.78 is 66.3. The number of rotatable bonds is 7. The molecule has 8 heteroatoms. The molecule has 0 radical (unpaired) electrons. The lowest BCUT2D eigenvalue weighted by Crippen LogP contribution is -2.33. The molecule has 1 aromatic carbocycles. The van der Waals surface area contributed by atoms with Gasteiger partial charge in [0.05, 0.1) is 0 Å². The number of ether oxygens (including phenoxy) is 1. The second kappa shape index (κ2) is 7.12. The average Bonchev–Trinajstić information content (AvgIpc) is 2.26. The first-order valence-electron chi connectivity index (χ1n) is 5.41. The standard InChI is InChI=1S/C12H10BrF5O2/c13-8-1-7(2-9(14)4-8)3-10(19)5-20-6-12(17,18)11(15)16/h1-2,4,11H,3,5-6H2. The van der Waals surface area contributed by atoms with Crippen LogP contribution in [0.5, 0.6) is 0 Å². The van der Waals surface area contributed by atoms with Gasteiger partial charge in [0.1, 0.15) is 19.0 Å². The molecule has 1 rings (SSSR count). The van der Waals surface area contributed by atoms with E-state index in [2.05, 4.69) is 20.7 Å². The molecule has 0 spiro atoms. The highest BCUT2D eigenvalue weighted by molar-refractivity contribution is 9.10. The number of benzene rings is 1. The Kier molecular flexibility index (Phi) is 6.07. The van der Waals surface area contributed by atoms with Crippen LogP contribution < -0.4 is 0 Å². The number of Topliss-reactive ketones (excluding diaryl/α,β-unsaturated/α-hetero) is 1. The van der Waals surface area contributed by atoms with E-state index < -0.39 is 37.2 Å². The van der Waals surface area contributed by atoms with E-state index >= 15 is 0 Å². The van der Waals surface area contributed by atoms with E-state index in [-0.39, 0.29) is 6.42 Å². The van der Waals surface area contributed by atoms with Gasteiger partial charge in [-0.1, -0.05) is 15.9 Å². The van der Waals surface area contributed by atoms with Gasteiger partial charge in [-0.25, -0.2) is 13.2 Å². The van der Waals surface area contributed by atoms with E-state index in [0.29, 0.717) is 10.0 Å². The Hall–Kier alpha value is -1.02. The number of carbonyl (C=O) groups is 1. The summed E-state index contributed by atoms with van der Waals surface area (Å²) in [7, 11) is 0. The van der Waals surface area contributed by atoms with Crippen LogP contribution >= 0.6 is 15.9 Å². The van der Waals surface area contributed by atoms with E-state index in [9.17, 15) is 26.7 Å². The lowest BCUT2D eigenvalue weighted by Gasteiger charge is -2.14. The van der Waals surface area contributed by atoms with Crippen molar-refractivity contribution >= 4 is 21.7 Å². The van der Waals surface area contributed by atoms with Crippen LogP contribution in [0.15, 0.2) is 22.7 Å². The first-order valence-corrected chi connectivity index (χ1v) is 6.20. The van der Waals surface area contributed by atoms with Crippen LogP contribution in [0.1, 0.15) is 5.56 Å². The lowest BCUT2D eigenvalue weighted by molar-refractivity contribution is -0.168. The molecule has 2 nitrogen and oxygen atoms in total. The van der Waals surface area contributed by atoms with Gasteiger partial charge in [0.15, 0.2) is 5.78 Å². The molecule has 0 amide bonds. The van der Waals surface area contributed by atoms with Crippen molar-refractivity contribution in [2.24, 2.45) is 0 Å². The molecule has 0 N–H and O–H groups in total. The number of hydrogen-bond acceptors (Lipinski definition) is 2. The molecule has 112 valence electrons. The van der Waals surface area contributed by atoms with Gasteiger partial charge in [-0.15, -0.1) is 0 Å². The Morgan fingerprint density at radius 2 is 1.95 bits per heavy atom. The number of ketones is 1. The van der Waals surface area contributed by atoms with Crippen LogP contribution in [0.25, 0.3) is 0 Å². The number of alkyl halides is 4. The highest BCUT2D eigenvalue weighted by Crippen LogP contribution is 2.22. The van der Waals surface area contributed by atoms with Crippen molar-refractivity contribution in [2.75, 3.05) is 13.2 Å². The molecule has 0 aliphatic heterocycles. The van der Waals surface area contributed by atoms with Crippen LogP contribution in [0.3, 0.4) is 0 Å². The van der Waals surface area contributed by atoms with Gasteiger partial charge in [0, 0.05) is 10.9 Å². The van der Waals surface area contributed by atoms with E-state index in [1.54, 1.807) is 0 Å². The molecule has 0 bridgehead atoms. The maximum absolute atomic E-state index is 13.0. The molecule has 0 heterocycles. The molecular formula is C12H10BrF5O2. The number of hydrogen-bond donors (Lipinski definition) is 0. The Labute approximate surface area is 120 Å². The predicted molar refractivity (Wildman–Crippen MR) is 64.6 cm³/mol. The number of halogens is 6. The van der Waals surface area contributed by atoms with E-state index in [1.807, 2.05) is 0 Å². The summed E-state index contributed by atoms with van der Waals surface area (Å²) in [6.45, 7) is -2.28. The van der Waals surface area contributed by atoms with E-state index in [0.717, 1.165) is 6.07 Å². The van der Waals surface area contributed by atoms with Crippen LogP contribution in [-0.2, 0) is 16.0 Å². The Morgan fingerprint density at radius 3 is 2.50 bits per heavy atom. The summed E-state index contributed by atoms with van der Waals surface area (Å²) in [5.74, 6) is -5.47. The van der Waals surface area contributed by atoms with Gasteiger partial charge in [-0.05, 0) is 23.8 Å². The predicted octanol–water partition coefficient (Wildman–Crippen LogP) is 3.62. The fourth-order valence-corrected chi connectivity index (χ4v) is 1.87. The van der Waals surface area contributed by atoms with Gasteiger partial charge in [0.25, 0.3) is 0 Å². The van der Waals surface area contributed by atoms with Crippen molar-refractivity contribution < 1.29 is 31.5 Å². The van der Waals surface area contributed by atoms with Crippen molar-refractivity contribution in [1.29, 1.82) is 0 Å². The van der Waals surface area contributed by atoms with Gasteiger partial charge in [-0.2, -0.15) is 8.78 Å².